The average molecular weight is 362 g/mol. The molecule has 1 aromatic rings. The molecule has 0 saturated carbocycles. The number of nitrogens with two attached hydrogens (primary N) is 1. The van der Waals surface area contributed by atoms with Gasteiger partial charge < -0.3 is 25.6 Å². The van der Waals surface area contributed by atoms with E-state index in [4.69, 9.17) is 10.5 Å². The number of aldehydes is 1. The van der Waals surface area contributed by atoms with Crippen molar-refractivity contribution >= 4 is 23.6 Å². The molecule has 2 aliphatic heterocycles. The third kappa shape index (κ3) is 4.00. The van der Waals surface area contributed by atoms with Gasteiger partial charge in [-0.2, -0.15) is 9.97 Å². The number of nitrogens with one attached hydrogen (secondary N) is 1. The van der Waals surface area contributed by atoms with Gasteiger partial charge in [0, 0.05) is 13.1 Å². The molecular weight excluding hydrogens is 332 g/mol. The van der Waals surface area contributed by atoms with E-state index in [1.165, 1.54) is 6.42 Å². The summed E-state index contributed by atoms with van der Waals surface area (Å²) in [6.07, 6.45) is 4.78. The zero-order valence-electron chi connectivity index (χ0n) is 15.8. The second-order valence-corrected chi connectivity index (χ2v) is 7.07. The summed E-state index contributed by atoms with van der Waals surface area (Å²) in [6, 6.07) is 0.284. The standard InChI is InChI=1S/C18H30N6O2/c1-3-5-9-26-18-21-16(19)15-17(22-18)24(14(12-25)20-15)11-13-7-6-8-23(4-2)10-13/h12-14,20H,3-11H2,1-2H3,(H2,19,21,22). The fourth-order valence-electron chi connectivity index (χ4n) is 3.69. The van der Waals surface area contributed by atoms with E-state index in [1.807, 2.05) is 4.90 Å². The Bertz CT molecular complexity index is 626. The molecule has 1 aromatic heterocycles. The van der Waals surface area contributed by atoms with Crippen LogP contribution in [0.15, 0.2) is 0 Å². The van der Waals surface area contributed by atoms with E-state index in [0.717, 1.165) is 51.7 Å². The third-order valence-electron chi connectivity index (χ3n) is 5.16. The number of nitrogen functional groups attached to an aromatic ring is 1. The lowest BCUT2D eigenvalue weighted by atomic mass is 9.97. The van der Waals surface area contributed by atoms with Crippen molar-refractivity contribution in [1.29, 1.82) is 0 Å². The molecule has 2 unspecified atom stereocenters. The van der Waals surface area contributed by atoms with Gasteiger partial charge in [0.15, 0.2) is 24.1 Å². The van der Waals surface area contributed by atoms with Crippen LogP contribution in [-0.4, -0.2) is 60.1 Å². The lowest BCUT2D eigenvalue weighted by Gasteiger charge is -2.35. The molecule has 0 aliphatic carbocycles. The first kappa shape index (κ1) is 18.7. The monoisotopic (exact) mass is 362 g/mol. The molecule has 2 aliphatic rings. The van der Waals surface area contributed by atoms with Crippen molar-refractivity contribution < 1.29 is 9.53 Å². The number of nitrogens with zero attached hydrogens (tertiary/aromatic N) is 4. The van der Waals surface area contributed by atoms with Crippen LogP contribution in [0.2, 0.25) is 0 Å². The maximum absolute atomic E-state index is 11.6. The molecular formula is C18H30N6O2. The van der Waals surface area contributed by atoms with Gasteiger partial charge in [0.2, 0.25) is 0 Å². The van der Waals surface area contributed by atoms with E-state index in [-0.39, 0.29) is 6.01 Å². The van der Waals surface area contributed by atoms with Crippen molar-refractivity contribution in [2.75, 3.05) is 48.7 Å². The predicted octanol–water partition coefficient (Wildman–Crippen LogP) is 1.73. The second kappa shape index (κ2) is 8.53. The van der Waals surface area contributed by atoms with Gasteiger partial charge in [0.25, 0.3) is 0 Å². The van der Waals surface area contributed by atoms with Gasteiger partial charge in [-0.15, -0.1) is 0 Å². The molecule has 3 heterocycles. The van der Waals surface area contributed by atoms with E-state index < -0.39 is 6.17 Å². The Morgan fingerprint density at radius 1 is 1.38 bits per heavy atom. The minimum atomic E-state index is -0.454. The lowest BCUT2D eigenvalue weighted by Crippen LogP contribution is -2.45. The molecule has 0 spiro atoms. The number of likely N-dealkylation sites (tertiary alicyclic amines) is 1. The van der Waals surface area contributed by atoms with Crippen LogP contribution in [0.25, 0.3) is 0 Å². The number of unbranched alkanes of at least 4 members (excludes halogenated alkanes) is 1. The summed E-state index contributed by atoms with van der Waals surface area (Å²) in [4.78, 5) is 24.9. The first-order chi connectivity index (χ1) is 12.7. The van der Waals surface area contributed by atoms with Crippen molar-refractivity contribution in [2.45, 2.75) is 45.7 Å². The summed E-state index contributed by atoms with van der Waals surface area (Å²) in [5, 5.41) is 3.15. The SMILES string of the molecule is CCCCOc1nc(N)c2c(n1)N(CC1CCCN(CC)C1)C(C=O)N2. The van der Waals surface area contributed by atoms with E-state index in [0.29, 0.717) is 29.8 Å². The highest BCUT2D eigenvalue weighted by Crippen LogP contribution is 2.38. The van der Waals surface area contributed by atoms with E-state index in [1.54, 1.807) is 0 Å². The molecule has 2 atom stereocenters. The topological polar surface area (TPSA) is 96.6 Å². The molecule has 3 rings (SSSR count). The number of aromatic nitrogens is 2. The number of hydrogen-bond acceptors (Lipinski definition) is 8. The summed E-state index contributed by atoms with van der Waals surface area (Å²) in [5.74, 6) is 1.50. The molecule has 8 nitrogen and oxygen atoms in total. The summed E-state index contributed by atoms with van der Waals surface area (Å²) in [6.45, 7) is 8.89. The zero-order valence-corrected chi connectivity index (χ0v) is 15.8. The number of ether oxygens (including phenoxy) is 1. The highest BCUT2D eigenvalue weighted by atomic mass is 16.5. The Kier molecular flexibility index (Phi) is 6.13. The van der Waals surface area contributed by atoms with Gasteiger partial charge >= 0.3 is 6.01 Å². The minimum absolute atomic E-state index is 0.284. The van der Waals surface area contributed by atoms with Crippen LogP contribution in [0.5, 0.6) is 6.01 Å². The number of hydrogen-bond donors (Lipinski definition) is 2. The molecule has 0 bridgehead atoms. The minimum Gasteiger partial charge on any atom is -0.463 e. The Balaban J connectivity index is 1.78. The highest BCUT2D eigenvalue weighted by Gasteiger charge is 2.35. The highest BCUT2D eigenvalue weighted by molar-refractivity contribution is 5.87. The molecule has 0 radical (unpaired) electrons. The molecule has 0 aromatic carbocycles. The van der Waals surface area contributed by atoms with Crippen LogP contribution in [0.4, 0.5) is 17.3 Å². The van der Waals surface area contributed by atoms with Gasteiger partial charge in [-0.05, 0) is 38.3 Å². The first-order valence-corrected chi connectivity index (χ1v) is 9.67. The predicted molar refractivity (Wildman–Crippen MR) is 103 cm³/mol. The van der Waals surface area contributed by atoms with Crippen molar-refractivity contribution in [3.05, 3.63) is 0 Å². The van der Waals surface area contributed by atoms with Crippen LogP contribution < -0.4 is 20.7 Å². The maximum Gasteiger partial charge on any atom is 0.320 e. The van der Waals surface area contributed by atoms with Crippen LogP contribution in [0, 0.1) is 5.92 Å². The van der Waals surface area contributed by atoms with Gasteiger partial charge in [-0.1, -0.05) is 20.3 Å². The van der Waals surface area contributed by atoms with Crippen molar-refractivity contribution in [3.63, 3.8) is 0 Å². The largest absolute Gasteiger partial charge is 0.463 e. The normalized spacial score (nSPS) is 22.8. The Morgan fingerprint density at radius 3 is 2.96 bits per heavy atom. The number of fused-ring (bicyclic) bond motifs is 1. The van der Waals surface area contributed by atoms with Crippen molar-refractivity contribution in [3.8, 4) is 6.01 Å². The average Bonchev–Trinajstić information content (AvgIpc) is 3.00. The molecule has 0 amide bonds. The quantitative estimate of drug-likeness (QED) is 0.533. The van der Waals surface area contributed by atoms with Gasteiger partial charge in [0.1, 0.15) is 5.69 Å². The number of rotatable bonds is 8. The number of carbonyl (C=O) groups is 1. The molecule has 8 heteroatoms. The van der Waals surface area contributed by atoms with E-state index in [9.17, 15) is 4.79 Å². The third-order valence-corrected chi connectivity index (χ3v) is 5.16. The molecule has 144 valence electrons. The Morgan fingerprint density at radius 2 is 2.23 bits per heavy atom. The lowest BCUT2D eigenvalue weighted by molar-refractivity contribution is -0.108. The second-order valence-electron chi connectivity index (χ2n) is 7.07. The van der Waals surface area contributed by atoms with Crippen LogP contribution >= 0.6 is 0 Å². The van der Waals surface area contributed by atoms with Crippen LogP contribution in [0.1, 0.15) is 39.5 Å². The fraction of sp³-hybridized carbons (Fsp3) is 0.722. The molecule has 26 heavy (non-hydrogen) atoms. The number of anilines is 3. The van der Waals surface area contributed by atoms with Crippen LogP contribution in [-0.2, 0) is 4.79 Å². The number of piperidine rings is 1. The zero-order chi connectivity index (χ0) is 18.5. The van der Waals surface area contributed by atoms with E-state index in [2.05, 4.69) is 34.0 Å². The van der Waals surface area contributed by atoms with Crippen molar-refractivity contribution in [2.24, 2.45) is 5.92 Å². The maximum atomic E-state index is 11.6. The first-order valence-electron chi connectivity index (χ1n) is 9.67. The van der Waals surface area contributed by atoms with Gasteiger partial charge in [0.05, 0.1) is 6.61 Å². The Hall–Kier alpha value is -2.09. The summed E-state index contributed by atoms with van der Waals surface area (Å²) in [7, 11) is 0. The van der Waals surface area contributed by atoms with Crippen LogP contribution in [0.3, 0.4) is 0 Å². The summed E-state index contributed by atoms with van der Waals surface area (Å²) in [5.41, 5.74) is 6.72. The fourth-order valence-corrected chi connectivity index (χ4v) is 3.69. The number of carbonyl (C=O) groups excluding carboxylic acids is 1. The smallest absolute Gasteiger partial charge is 0.320 e. The summed E-state index contributed by atoms with van der Waals surface area (Å²) < 4.78 is 5.64. The van der Waals surface area contributed by atoms with Gasteiger partial charge in [-0.25, -0.2) is 0 Å². The van der Waals surface area contributed by atoms with Gasteiger partial charge in [-0.3, -0.25) is 4.79 Å². The molecule has 1 saturated heterocycles. The Labute approximate surface area is 155 Å². The molecule has 3 N–H and O–H groups in total. The van der Waals surface area contributed by atoms with Crippen molar-refractivity contribution in [1.82, 2.24) is 14.9 Å². The molecule has 1 fully saturated rings. The van der Waals surface area contributed by atoms with E-state index >= 15 is 0 Å². The summed E-state index contributed by atoms with van der Waals surface area (Å²) >= 11 is 0.